The summed E-state index contributed by atoms with van der Waals surface area (Å²) in [6, 6.07) is 5.14. The summed E-state index contributed by atoms with van der Waals surface area (Å²) in [7, 11) is 0. The predicted molar refractivity (Wildman–Crippen MR) is 99.5 cm³/mol. The molecule has 3 amide bonds. The molecule has 26 heavy (non-hydrogen) atoms. The summed E-state index contributed by atoms with van der Waals surface area (Å²) in [4.78, 5) is 23.6. The highest BCUT2D eigenvalue weighted by molar-refractivity contribution is 6.09. The average Bonchev–Trinajstić information content (AvgIpc) is 2.89. The van der Waals surface area contributed by atoms with E-state index >= 15 is 0 Å². The van der Waals surface area contributed by atoms with Crippen molar-refractivity contribution in [2.45, 2.75) is 40.0 Å². The molecule has 1 aromatic heterocycles. The number of fused-ring (bicyclic) bond motifs is 1. The quantitative estimate of drug-likeness (QED) is 0.736. The van der Waals surface area contributed by atoms with Gasteiger partial charge in [0.2, 0.25) is 0 Å². The molecule has 0 radical (unpaired) electrons. The van der Waals surface area contributed by atoms with Crippen LogP contribution in [-0.4, -0.2) is 17.6 Å². The fraction of sp³-hybridized carbons (Fsp3) is 0.316. The van der Waals surface area contributed by atoms with Crippen molar-refractivity contribution >= 4 is 23.3 Å². The topological polar surface area (TPSA) is 110 Å². The Morgan fingerprint density at radius 2 is 1.81 bits per heavy atom. The van der Waals surface area contributed by atoms with Crippen LogP contribution in [0.15, 0.2) is 27.7 Å². The zero-order valence-corrected chi connectivity index (χ0v) is 15.1. The molecule has 3 rings (SSSR count). The summed E-state index contributed by atoms with van der Waals surface area (Å²) < 4.78 is 5.83. The largest absolute Gasteiger partial charge is 0.455 e. The molecule has 7 nitrogen and oxygen atoms in total. The predicted octanol–water partition coefficient (Wildman–Crippen LogP) is 3.17. The number of hydrogen-bond acceptors (Lipinski definition) is 4. The maximum atomic E-state index is 12.7. The van der Waals surface area contributed by atoms with Gasteiger partial charge in [-0.15, -0.1) is 0 Å². The lowest BCUT2D eigenvalue weighted by Gasteiger charge is -2.13. The molecule has 1 aromatic carbocycles. The lowest BCUT2D eigenvalue weighted by molar-refractivity contribution is 0.0994. The Morgan fingerprint density at radius 3 is 2.46 bits per heavy atom. The number of rotatable bonds is 3. The molecular formula is C19H22N4O3. The minimum absolute atomic E-state index is 0.267. The van der Waals surface area contributed by atoms with Gasteiger partial charge in [-0.05, 0) is 56.9 Å². The number of carbonyl (C=O) groups is 2. The maximum Gasteiger partial charge on any atom is 0.332 e. The van der Waals surface area contributed by atoms with Crippen LogP contribution in [-0.2, 0) is 6.42 Å². The van der Waals surface area contributed by atoms with Crippen molar-refractivity contribution in [3.8, 4) is 0 Å². The van der Waals surface area contributed by atoms with Gasteiger partial charge in [-0.1, -0.05) is 6.07 Å². The van der Waals surface area contributed by atoms with Crippen LogP contribution in [0, 0.1) is 20.8 Å². The molecule has 0 aliphatic heterocycles. The van der Waals surface area contributed by atoms with E-state index in [0.717, 1.165) is 35.2 Å². The Balaban J connectivity index is 1.91. The SMILES string of the molecule is Cc1cc(C)cc(NC(=O)c2oc3c(c2C)/C(=N/NC(N)=O)CCC3)c1. The number of nitrogens with zero attached hydrogens (tertiary/aromatic N) is 1. The number of amides is 3. The first-order valence-electron chi connectivity index (χ1n) is 8.49. The van der Waals surface area contributed by atoms with Gasteiger partial charge in [0.15, 0.2) is 5.76 Å². The number of benzene rings is 1. The molecule has 0 fully saturated rings. The van der Waals surface area contributed by atoms with Crippen LogP contribution in [0.25, 0.3) is 0 Å². The molecule has 1 heterocycles. The van der Waals surface area contributed by atoms with Crippen LogP contribution >= 0.6 is 0 Å². The van der Waals surface area contributed by atoms with Gasteiger partial charge < -0.3 is 15.5 Å². The fourth-order valence-corrected chi connectivity index (χ4v) is 3.35. The number of hydrazone groups is 1. The second-order valence-electron chi connectivity index (χ2n) is 6.57. The van der Waals surface area contributed by atoms with E-state index in [1.165, 1.54) is 0 Å². The first-order valence-corrected chi connectivity index (χ1v) is 8.49. The summed E-state index contributed by atoms with van der Waals surface area (Å²) in [5.41, 5.74) is 12.4. The van der Waals surface area contributed by atoms with Gasteiger partial charge in [-0.2, -0.15) is 5.10 Å². The van der Waals surface area contributed by atoms with E-state index in [1.54, 1.807) is 0 Å². The number of furan rings is 1. The average molecular weight is 354 g/mol. The lowest BCUT2D eigenvalue weighted by atomic mass is 9.93. The smallest absolute Gasteiger partial charge is 0.332 e. The number of urea groups is 1. The number of anilines is 1. The molecule has 0 spiro atoms. The molecule has 2 aromatic rings. The van der Waals surface area contributed by atoms with Crippen LogP contribution in [0.3, 0.4) is 0 Å². The summed E-state index contributed by atoms with van der Waals surface area (Å²) in [5.74, 6) is 0.677. The first kappa shape index (κ1) is 17.7. The molecule has 0 atom stereocenters. The molecule has 1 aliphatic carbocycles. The summed E-state index contributed by atoms with van der Waals surface area (Å²) >= 11 is 0. The third kappa shape index (κ3) is 3.61. The Kier molecular flexibility index (Phi) is 4.79. The molecule has 0 unspecified atom stereocenters. The van der Waals surface area contributed by atoms with Crippen LogP contribution in [0.1, 0.15) is 51.4 Å². The van der Waals surface area contributed by atoms with E-state index in [-0.39, 0.29) is 11.7 Å². The Labute approximate surface area is 151 Å². The van der Waals surface area contributed by atoms with Crippen molar-refractivity contribution in [2.75, 3.05) is 5.32 Å². The van der Waals surface area contributed by atoms with Crippen LogP contribution < -0.4 is 16.5 Å². The van der Waals surface area contributed by atoms with Gasteiger partial charge in [0.25, 0.3) is 5.91 Å². The van der Waals surface area contributed by atoms with E-state index < -0.39 is 6.03 Å². The minimum Gasteiger partial charge on any atom is -0.455 e. The van der Waals surface area contributed by atoms with E-state index in [4.69, 9.17) is 10.2 Å². The van der Waals surface area contributed by atoms with Gasteiger partial charge in [0.1, 0.15) is 5.76 Å². The van der Waals surface area contributed by atoms with Crippen molar-refractivity contribution in [1.29, 1.82) is 0 Å². The summed E-state index contributed by atoms with van der Waals surface area (Å²) in [5, 5.41) is 6.96. The fourth-order valence-electron chi connectivity index (χ4n) is 3.35. The van der Waals surface area contributed by atoms with Gasteiger partial charge in [0, 0.05) is 23.2 Å². The van der Waals surface area contributed by atoms with Gasteiger partial charge >= 0.3 is 6.03 Å². The molecule has 7 heteroatoms. The third-order valence-corrected chi connectivity index (χ3v) is 4.31. The molecule has 136 valence electrons. The molecule has 0 bridgehead atoms. The number of hydrogen-bond donors (Lipinski definition) is 3. The van der Waals surface area contributed by atoms with Crippen LogP contribution in [0.5, 0.6) is 0 Å². The zero-order valence-electron chi connectivity index (χ0n) is 15.1. The number of nitrogens with one attached hydrogen (secondary N) is 2. The number of aryl methyl sites for hydroxylation is 3. The highest BCUT2D eigenvalue weighted by atomic mass is 16.4. The normalized spacial score (nSPS) is 14.8. The maximum absolute atomic E-state index is 12.7. The monoisotopic (exact) mass is 354 g/mol. The number of carbonyl (C=O) groups excluding carboxylic acids is 2. The van der Waals surface area contributed by atoms with E-state index in [0.29, 0.717) is 23.5 Å². The van der Waals surface area contributed by atoms with Gasteiger partial charge in [-0.25, -0.2) is 10.2 Å². The Hall–Kier alpha value is -3.09. The minimum atomic E-state index is -0.724. The Morgan fingerprint density at radius 1 is 1.12 bits per heavy atom. The summed E-state index contributed by atoms with van der Waals surface area (Å²) in [6.07, 6.45) is 2.24. The third-order valence-electron chi connectivity index (χ3n) is 4.31. The molecule has 4 N–H and O–H groups in total. The van der Waals surface area contributed by atoms with Crippen LogP contribution in [0.2, 0.25) is 0 Å². The Bertz CT molecular complexity index is 891. The first-order chi connectivity index (χ1) is 12.3. The van der Waals surface area contributed by atoms with E-state index in [1.807, 2.05) is 39.0 Å². The van der Waals surface area contributed by atoms with Crippen LogP contribution in [0.4, 0.5) is 10.5 Å². The lowest BCUT2D eigenvalue weighted by Crippen LogP contribution is -2.27. The van der Waals surface area contributed by atoms with Gasteiger partial charge in [0.05, 0.1) is 5.71 Å². The number of primary amides is 1. The van der Waals surface area contributed by atoms with E-state index in [2.05, 4.69) is 15.8 Å². The van der Waals surface area contributed by atoms with Gasteiger partial charge in [-0.3, -0.25) is 4.79 Å². The molecule has 1 aliphatic rings. The van der Waals surface area contributed by atoms with E-state index in [9.17, 15) is 9.59 Å². The van der Waals surface area contributed by atoms with Crippen molar-refractivity contribution < 1.29 is 14.0 Å². The highest BCUT2D eigenvalue weighted by Crippen LogP contribution is 2.30. The standard InChI is InChI=1S/C19H22N4O3/c1-10-7-11(2)9-13(8-10)21-18(24)17-12(3)16-14(22-23-19(20)25)5-4-6-15(16)26-17/h7-9H,4-6H2,1-3H3,(H,21,24)(H3,20,23,25)/b22-14+. The van der Waals surface area contributed by atoms with Crippen molar-refractivity contribution in [3.05, 3.63) is 52.0 Å². The highest BCUT2D eigenvalue weighted by Gasteiger charge is 2.28. The summed E-state index contributed by atoms with van der Waals surface area (Å²) in [6.45, 7) is 5.78. The van der Waals surface area contributed by atoms with Crippen molar-refractivity contribution in [1.82, 2.24) is 5.43 Å². The zero-order chi connectivity index (χ0) is 18.8. The molecule has 0 saturated carbocycles. The number of nitrogens with two attached hydrogens (primary N) is 1. The van der Waals surface area contributed by atoms with Crippen molar-refractivity contribution in [2.24, 2.45) is 10.8 Å². The second kappa shape index (κ2) is 7.03. The second-order valence-corrected chi connectivity index (χ2v) is 6.57. The van der Waals surface area contributed by atoms with Crippen molar-refractivity contribution in [3.63, 3.8) is 0 Å². The molecule has 0 saturated heterocycles. The molecular weight excluding hydrogens is 332 g/mol.